The number of likely N-dealkylation sites (tertiary alicyclic amines) is 1. The van der Waals surface area contributed by atoms with E-state index in [-0.39, 0.29) is 0 Å². The third kappa shape index (κ3) is 3.46. The first kappa shape index (κ1) is 13.8. The van der Waals surface area contributed by atoms with Crippen LogP contribution in [0.15, 0.2) is 22.7 Å². The quantitative estimate of drug-likeness (QED) is 0.871. The van der Waals surface area contributed by atoms with Crippen LogP contribution in [-0.4, -0.2) is 43.0 Å². The monoisotopic (exact) mass is 311 g/mol. The molecule has 0 amide bonds. The van der Waals surface area contributed by atoms with Crippen molar-refractivity contribution in [1.82, 2.24) is 9.80 Å². The van der Waals surface area contributed by atoms with Crippen molar-refractivity contribution in [2.75, 3.05) is 32.9 Å². The fraction of sp³-hybridized carbons (Fsp3) is 0.571. The summed E-state index contributed by atoms with van der Waals surface area (Å²) < 4.78 is 0.995. The molecule has 1 saturated heterocycles. The lowest BCUT2D eigenvalue weighted by atomic mass is 10.0. The Labute approximate surface area is 118 Å². The third-order valence-electron chi connectivity index (χ3n) is 3.72. The molecule has 1 heterocycles. The van der Waals surface area contributed by atoms with Gasteiger partial charge in [-0.1, -0.05) is 6.07 Å². The summed E-state index contributed by atoms with van der Waals surface area (Å²) in [6, 6.07) is 6.88. The van der Waals surface area contributed by atoms with Crippen LogP contribution in [0, 0.1) is 0 Å². The van der Waals surface area contributed by atoms with Crippen LogP contribution < -0.4 is 5.73 Å². The third-order valence-corrected chi connectivity index (χ3v) is 4.41. The van der Waals surface area contributed by atoms with Gasteiger partial charge in [0.2, 0.25) is 0 Å². The van der Waals surface area contributed by atoms with Crippen LogP contribution in [0.2, 0.25) is 0 Å². The fourth-order valence-electron chi connectivity index (χ4n) is 2.59. The van der Waals surface area contributed by atoms with Crippen molar-refractivity contribution in [2.45, 2.75) is 25.4 Å². The summed E-state index contributed by atoms with van der Waals surface area (Å²) in [5.74, 6) is 0. The number of rotatable bonds is 3. The van der Waals surface area contributed by atoms with E-state index in [2.05, 4.69) is 52.0 Å². The van der Waals surface area contributed by atoms with E-state index in [1.807, 2.05) is 6.07 Å². The lowest BCUT2D eigenvalue weighted by Crippen LogP contribution is -2.44. The zero-order chi connectivity index (χ0) is 13.1. The van der Waals surface area contributed by atoms with Crippen molar-refractivity contribution in [3.05, 3.63) is 28.2 Å². The van der Waals surface area contributed by atoms with E-state index < -0.39 is 0 Å². The van der Waals surface area contributed by atoms with Gasteiger partial charge in [-0.25, -0.2) is 0 Å². The minimum atomic E-state index is 0.667. The van der Waals surface area contributed by atoms with Crippen molar-refractivity contribution in [1.29, 1.82) is 0 Å². The molecule has 0 spiro atoms. The van der Waals surface area contributed by atoms with Crippen LogP contribution in [0.1, 0.15) is 18.4 Å². The van der Waals surface area contributed by atoms with Gasteiger partial charge in [-0.15, -0.1) is 0 Å². The molecule has 1 aromatic rings. The van der Waals surface area contributed by atoms with Crippen molar-refractivity contribution in [2.24, 2.45) is 0 Å². The van der Waals surface area contributed by atoms with Crippen molar-refractivity contribution < 1.29 is 0 Å². The van der Waals surface area contributed by atoms with Gasteiger partial charge in [-0.3, -0.25) is 4.90 Å². The molecule has 2 rings (SSSR count). The van der Waals surface area contributed by atoms with Gasteiger partial charge in [0.25, 0.3) is 0 Å². The Kier molecular flexibility index (Phi) is 4.65. The van der Waals surface area contributed by atoms with Gasteiger partial charge in [-0.2, -0.15) is 0 Å². The highest BCUT2D eigenvalue weighted by molar-refractivity contribution is 9.10. The van der Waals surface area contributed by atoms with Crippen LogP contribution in [0.3, 0.4) is 0 Å². The summed E-state index contributed by atoms with van der Waals surface area (Å²) in [5.41, 5.74) is 7.93. The Bertz CT molecular complexity index is 408. The van der Waals surface area contributed by atoms with Gasteiger partial charge in [0.15, 0.2) is 0 Å². The summed E-state index contributed by atoms with van der Waals surface area (Å²) in [6.45, 7) is 3.39. The maximum Gasteiger partial charge on any atom is 0.0458 e. The Morgan fingerprint density at radius 3 is 2.94 bits per heavy atom. The number of halogens is 1. The van der Waals surface area contributed by atoms with Crippen LogP contribution in [0.4, 0.5) is 5.69 Å². The zero-order valence-corrected chi connectivity index (χ0v) is 12.8. The number of likely N-dealkylation sites (N-methyl/N-ethyl adjacent to an activating group) is 2. The fourth-order valence-corrected chi connectivity index (χ4v) is 3.01. The molecule has 0 bridgehead atoms. The highest BCUT2D eigenvalue weighted by atomic mass is 79.9. The van der Waals surface area contributed by atoms with E-state index in [9.17, 15) is 0 Å². The highest BCUT2D eigenvalue weighted by Gasteiger charge is 2.20. The minimum Gasteiger partial charge on any atom is -0.398 e. The van der Waals surface area contributed by atoms with E-state index in [1.54, 1.807) is 0 Å². The van der Waals surface area contributed by atoms with Gasteiger partial charge in [0, 0.05) is 29.3 Å². The molecule has 0 aromatic heterocycles. The molecule has 100 valence electrons. The van der Waals surface area contributed by atoms with E-state index >= 15 is 0 Å². The van der Waals surface area contributed by atoms with E-state index in [4.69, 9.17) is 5.73 Å². The molecule has 0 aliphatic carbocycles. The maximum atomic E-state index is 5.81. The molecular formula is C14H22BrN3. The summed E-state index contributed by atoms with van der Waals surface area (Å²) in [7, 11) is 4.42. The summed E-state index contributed by atoms with van der Waals surface area (Å²) >= 11 is 3.49. The molecule has 18 heavy (non-hydrogen) atoms. The maximum absolute atomic E-state index is 5.81. The average Bonchev–Trinajstić information content (AvgIpc) is 2.34. The van der Waals surface area contributed by atoms with Gasteiger partial charge in [-0.05, 0) is 67.1 Å². The number of benzene rings is 1. The van der Waals surface area contributed by atoms with Gasteiger partial charge < -0.3 is 10.6 Å². The Balaban J connectivity index is 1.97. The molecule has 3 nitrogen and oxygen atoms in total. The van der Waals surface area contributed by atoms with E-state index in [0.29, 0.717) is 6.04 Å². The first-order valence-corrected chi connectivity index (χ1v) is 7.28. The molecule has 1 unspecified atom stereocenters. The second-order valence-electron chi connectivity index (χ2n) is 5.33. The summed E-state index contributed by atoms with van der Waals surface area (Å²) in [4.78, 5) is 4.87. The van der Waals surface area contributed by atoms with Crippen molar-refractivity contribution >= 4 is 21.6 Å². The second kappa shape index (κ2) is 6.04. The number of piperidine rings is 1. The SMILES string of the molecule is CN1CCCC(N(C)Cc2ccc(N)c(Br)c2)C1. The highest BCUT2D eigenvalue weighted by Crippen LogP contribution is 2.22. The van der Waals surface area contributed by atoms with E-state index in [0.717, 1.165) is 16.7 Å². The van der Waals surface area contributed by atoms with Gasteiger partial charge in [0.05, 0.1) is 0 Å². The Morgan fingerprint density at radius 2 is 2.28 bits per heavy atom. The number of nitrogens with zero attached hydrogens (tertiary/aromatic N) is 2. The number of anilines is 1. The largest absolute Gasteiger partial charge is 0.398 e. The predicted octanol–water partition coefficient (Wildman–Crippen LogP) is 2.56. The minimum absolute atomic E-state index is 0.667. The lowest BCUT2D eigenvalue weighted by Gasteiger charge is -2.36. The predicted molar refractivity (Wildman–Crippen MR) is 80.5 cm³/mol. The zero-order valence-electron chi connectivity index (χ0n) is 11.2. The molecule has 1 aromatic carbocycles. The van der Waals surface area contributed by atoms with Gasteiger partial charge >= 0.3 is 0 Å². The number of hydrogen-bond donors (Lipinski definition) is 1. The summed E-state index contributed by atoms with van der Waals surface area (Å²) in [6.07, 6.45) is 2.61. The topological polar surface area (TPSA) is 32.5 Å². The first-order valence-electron chi connectivity index (χ1n) is 6.49. The molecule has 1 aliphatic rings. The second-order valence-corrected chi connectivity index (χ2v) is 6.18. The molecule has 0 saturated carbocycles. The molecule has 1 aliphatic heterocycles. The van der Waals surface area contributed by atoms with E-state index in [1.165, 1.54) is 31.5 Å². The van der Waals surface area contributed by atoms with Gasteiger partial charge in [0.1, 0.15) is 0 Å². The Morgan fingerprint density at radius 1 is 1.50 bits per heavy atom. The average molecular weight is 312 g/mol. The standard InChI is InChI=1S/C14H22BrN3/c1-17-7-3-4-12(10-17)18(2)9-11-5-6-14(16)13(15)8-11/h5-6,8,12H,3-4,7,9-10,16H2,1-2H3. The molecule has 1 atom stereocenters. The number of nitrogen functional groups attached to an aromatic ring is 1. The van der Waals surface area contributed by atoms with Crippen LogP contribution in [0.5, 0.6) is 0 Å². The summed E-state index contributed by atoms with van der Waals surface area (Å²) in [5, 5.41) is 0. The number of nitrogens with two attached hydrogens (primary N) is 1. The molecular weight excluding hydrogens is 290 g/mol. The Hall–Kier alpha value is -0.580. The lowest BCUT2D eigenvalue weighted by molar-refractivity contribution is 0.129. The van der Waals surface area contributed by atoms with Crippen molar-refractivity contribution in [3.8, 4) is 0 Å². The molecule has 2 N–H and O–H groups in total. The molecule has 0 radical (unpaired) electrons. The smallest absolute Gasteiger partial charge is 0.0458 e. The van der Waals surface area contributed by atoms with Crippen LogP contribution >= 0.6 is 15.9 Å². The van der Waals surface area contributed by atoms with Crippen molar-refractivity contribution in [3.63, 3.8) is 0 Å². The van der Waals surface area contributed by atoms with Crippen LogP contribution in [0.25, 0.3) is 0 Å². The molecule has 4 heteroatoms. The molecule has 1 fully saturated rings. The normalized spacial score (nSPS) is 21.4. The van der Waals surface area contributed by atoms with Crippen LogP contribution in [-0.2, 0) is 6.54 Å². The number of hydrogen-bond acceptors (Lipinski definition) is 3. The first-order chi connectivity index (χ1) is 8.56.